The Kier molecular flexibility index (Phi) is 4.96. The van der Waals surface area contributed by atoms with E-state index in [1.807, 2.05) is 0 Å². The van der Waals surface area contributed by atoms with Crippen molar-refractivity contribution in [1.29, 1.82) is 0 Å². The van der Waals surface area contributed by atoms with Crippen LogP contribution in [0.25, 0.3) is 0 Å². The van der Waals surface area contributed by atoms with Gasteiger partial charge in [-0.3, -0.25) is 4.90 Å². The molecule has 1 fully saturated rings. The highest BCUT2D eigenvalue weighted by Crippen LogP contribution is 2.17. The molecule has 3 nitrogen and oxygen atoms in total. The molecule has 18 heavy (non-hydrogen) atoms. The van der Waals surface area contributed by atoms with Gasteiger partial charge in [-0.15, -0.1) is 0 Å². The highest BCUT2D eigenvalue weighted by molar-refractivity contribution is 5.22. The van der Waals surface area contributed by atoms with Crippen molar-refractivity contribution in [2.45, 2.75) is 25.3 Å². The van der Waals surface area contributed by atoms with Crippen LogP contribution in [0.1, 0.15) is 19.3 Å². The summed E-state index contributed by atoms with van der Waals surface area (Å²) in [7, 11) is 0. The van der Waals surface area contributed by atoms with Crippen LogP contribution in [0.2, 0.25) is 0 Å². The molecule has 100 valence electrons. The summed E-state index contributed by atoms with van der Waals surface area (Å²) >= 11 is 0. The first kappa shape index (κ1) is 13.3. The fourth-order valence-corrected chi connectivity index (χ4v) is 2.40. The van der Waals surface area contributed by atoms with E-state index in [1.165, 1.54) is 25.0 Å². The Morgan fingerprint density at radius 2 is 2.28 bits per heavy atom. The summed E-state index contributed by atoms with van der Waals surface area (Å²) in [5.41, 5.74) is 0. The molecular formula is C14H20FNO2. The van der Waals surface area contributed by atoms with E-state index >= 15 is 0 Å². The van der Waals surface area contributed by atoms with Gasteiger partial charge < -0.3 is 9.84 Å². The average Bonchev–Trinajstić information content (AvgIpc) is 2.39. The average molecular weight is 253 g/mol. The zero-order valence-electron chi connectivity index (χ0n) is 10.5. The molecule has 0 saturated carbocycles. The van der Waals surface area contributed by atoms with Gasteiger partial charge in [-0.1, -0.05) is 12.5 Å². The fourth-order valence-electron chi connectivity index (χ4n) is 2.40. The van der Waals surface area contributed by atoms with Crippen LogP contribution in [0.4, 0.5) is 4.39 Å². The van der Waals surface area contributed by atoms with Gasteiger partial charge in [0.25, 0.3) is 0 Å². The van der Waals surface area contributed by atoms with E-state index in [9.17, 15) is 9.50 Å². The molecule has 0 spiro atoms. The number of nitrogens with zero attached hydrogens (tertiary/aromatic N) is 1. The molecule has 0 bridgehead atoms. The predicted molar refractivity (Wildman–Crippen MR) is 68.2 cm³/mol. The number of likely N-dealkylation sites (tertiary alicyclic amines) is 1. The first-order valence-corrected chi connectivity index (χ1v) is 6.53. The van der Waals surface area contributed by atoms with Gasteiger partial charge >= 0.3 is 0 Å². The van der Waals surface area contributed by atoms with E-state index in [-0.39, 0.29) is 18.5 Å². The maximum absolute atomic E-state index is 12.9. The third-order valence-corrected chi connectivity index (χ3v) is 3.40. The molecule has 1 aromatic carbocycles. The zero-order chi connectivity index (χ0) is 12.8. The van der Waals surface area contributed by atoms with Gasteiger partial charge in [-0.25, -0.2) is 4.39 Å². The summed E-state index contributed by atoms with van der Waals surface area (Å²) in [5, 5.41) is 9.28. The highest BCUT2D eigenvalue weighted by Gasteiger charge is 2.20. The number of hydrogen-bond acceptors (Lipinski definition) is 3. The zero-order valence-corrected chi connectivity index (χ0v) is 10.5. The van der Waals surface area contributed by atoms with Crippen molar-refractivity contribution in [3.05, 3.63) is 30.1 Å². The molecule has 1 aliphatic rings. The lowest BCUT2D eigenvalue weighted by Crippen LogP contribution is -2.43. The number of rotatable bonds is 5. The Balaban J connectivity index is 1.77. The summed E-state index contributed by atoms with van der Waals surface area (Å²) < 4.78 is 18.5. The number of ether oxygens (including phenoxy) is 1. The first-order chi connectivity index (χ1) is 8.79. The van der Waals surface area contributed by atoms with Crippen molar-refractivity contribution >= 4 is 0 Å². The standard InChI is InChI=1S/C14H20FNO2/c15-12-4-3-6-14(10-12)18-9-8-16-7-2-1-5-13(16)11-17/h3-4,6,10,13,17H,1-2,5,7-9,11H2. The Morgan fingerprint density at radius 1 is 1.39 bits per heavy atom. The molecule has 1 unspecified atom stereocenters. The van der Waals surface area contributed by atoms with Gasteiger partial charge in [-0.05, 0) is 31.5 Å². The maximum atomic E-state index is 12.9. The molecule has 2 rings (SSSR count). The second kappa shape index (κ2) is 6.71. The van der Waals surface area contributed by atoms with Crippen molar-refractivity contribution < 1.29 is 14.2 Å². The van der Waals surface area contributed by atoms with E-state index in [0.717, 1.165) is 19.5 Å². The number of aliphatic hydroxyl groups excluding tert-OH is 1. The fraction of sp³-hybridized carbons (Fsp3) is 0.571. The quantitative estimate of drug-likeness (QED) is 0.871. The summed E-state index contributed by atoms with van der Waals surface area (Å²) in [6, 6.07) is 6.44. The Labute approximate surface area is 107 Å². The normalized spacial score (nSPS) is 20.9. The van der Waals surface area contributed by atoms with Crippen molar-refractivity contribution in [3.63, 3.8) is 0 Å². The van der Waals surface area contributed by atoms with Crippen molar-refractivity contribution in [1.82, 2.24) is 4.90 Å². The lowest BCUT2D eigenvalue weighted by molar-refractivity contribution is 0.0773. The minimum absolute atomic E-state index is 0.208. The summed E-state index contributed by atoms with van der Waals surface area (Å²) in [6.45, 7) is 2.53. The number of benzene rings is 1. The van der Waals surface area contributed by atoms with Crippen molar-refractivity contribution in [3.8, 4) is 5.75 Å². The molecule has 1 heterocycles. The van der Waals surface area contributed by atoms with Crippen LogP contribution in [0, 0.1) is 5.82 Å². The van der Waals surface area contributed by atoms with E-state index < -0.39 is 0 Å². The molecule has 1 atom stereocenters. The van der Waals surface area contributed by atoms with Crippen LogP contribution >= 0.6 is 0 Å². The molecule has 1 aliphatic heterocycles. The monoisotopic (exact) mass is 253 g/mol. The van der Waals surface area contributed by atoms with E-state index in [4.69, 9.17) is 4.74 Å². The van der Waals surface area contributed by atoms with E-state index in [0.29, 0.717) is 12.4 Å². The van der Waals surface area contributed by atoms with Gasteiger partial charge in [0.2, 0.25) is 0 Å². The number of hydrogen-bond donors (Lipinski definition) is 1. The van der Waals surface area contributed by atoms with Crippen LogP contribution in [-0.2, 0) is 0 Å². The van der Waals surface area contributed by atoms with E-state index in [2.05, 4.69) is 4.90 Å². The Bertz CT molecular complexity index is 373. The second-order valence-corrected chi connectivity index (χ2v) is 4.67. The number of piperidine rings is 1. The number of aliphatic hydroxyl groups is 1. The topological polar surface area (TPSA) is 32.7 Å². The van der Waals surface area contributed by atoms with E-state index in [1.54, 1.807) is 12.1 Å². The minimum Gasteiger partial charge on any atom is -0.492 e. The minimum atomic E-state index is -0.279. The van der Waals surface area contributed by atoms with Gasteiger partial charge in [0.15, 0.2) is 0 Å². The Morgan fingerprint density at radius 3 is 3.06 bits per heavy atom. The molecule has 0 aliphatic carbocycles. The van der Waals surface area contributed by atoms with Crippen LogP contribution in [0.3, 0.4) is 0 Å². The van der Waals surface area contributed by atoms with Crippen LogP contribution < -0.4 is 4.74 Å². The first-order valence-electron chi connectivity index (χ1n) is 6.53. The molecule has 4 heteroatoms. The van der Waals surface area contributed by atoms with Crippen LogP contribution in [-0.4, -0.2) is 42.4 Å². The summed E-state index contributed by atoms with van der Waals surface area (Å²) in [6.07, 6.45) is 3.42. The second-order valence-electron chi connectivity index (χ2n) is 4.67. The Hall–Kier alpha value is -1.13. The summed E-state index contributed by atoms with van der Waals surface area (Å²) in [4.78, 5) is 2.25. The lowest BCUT2D eigenvalue weighted by Gasteiger charge is -2.34. The van der Waals surface area contributed by atoms with Gasteiger partial charge in [0.05, 0.1) is 6.61 Å². The molecule has 0 amide bonds. The maximum Gasteiger partial charge on any atom is 0.126 e. The third kappa shape index (κ3) is 3.68. The smallest absolute Gasteiger partial charge is 0.126 e. The predicted octanol–water partition coefficient (Wildman–Crippen LogP) is 2.05. The largest absolute Gasteiger partial charge is 0.492 e. The summed E-state index contributed by atoms with van der Waals surface area (Å²) in [5.74, 6) is 0.284. The lowest BCUT2D eigenvalue weighted by atomic mass is 10.0. The molecular weight excluding hydrogens is 233 g/mol. The van der Waals surface area contributed by atoms with Crippen LogP contribution in [0.5, 0.6) is 5.75 Å². The van der Waals surface area contributed by atoms with Crippen LogP contribution in [0.15, 0.2) is 24.3 Å². The molecule has 1 saturated heterocycles. The molecule has 1 N–H and O–H groups in total. The third-order valence-electron chi connectivity index (χ3n) is 3.40. The van der Waals surface area contributed by atoms with Gasteiger partial charge in [-0.2, -0.15) is 0 Å². The van der Waals surface area contributed by atoms with Gasteiger partial charge in [0, 0.05) is 18.7 Å². The highest BCUT2D eigenvalue weighted by atomic mass is 19.1. The molecule has 0 radical (unpaired) electrons. The van der Waals surface area contributed by atoms with Crippen molar-refractivity contribution in [2.75, 3.05) is 26.3 Å². The number of halogens is 1. The molecule has 1 aromatic rings. The van der Waals surface area contributed by atoms with Crippen molar-refractivity contribution in [2.24, 2.45) is 0 Å². The molecule has 0 aromatic heterocycles. The van der Waals surface area contributed by atoms with Gasteiger partial charge in [0.1, 0.15) is 18.2 Å². The SMILES string of the molecule is OCC1CCCCN1CCOc1cccc(F)c1.